The van der Waals surface area contributed by atoms with Crippen LogP contribution in [0.25, 0.3) is 10.9 Å². The Labute approximate surface area is 143 Å². The van der Waals surface area contributed by atoms with E-state index in [1.807, 2.05) is 40.7 Å². The molecular formula is C17H20BrN3O2. The molecule has 2 amide bonds. The maximum absolute atomic E-state index is 12.6. The lowest BCUT2D eigenvalue weighted by Gasteiger charge is -2.31. The maximum Gasteiger partial charge on any atom is 0.242 e. The zero-order valence-electron chi connectivity index (χ0n) is 13.1. The minimum Gasteiger partial charge on any atom is -0.369 e. The number of hydrogen-bond donors (Lipinski definition) is 1. The maximum atomic E-state index is 12.6. The molecule has 1 aliphatic heterocycles. The van der Waals surface area contributed by atoms with Crippen LogP contribution in [-0.2, 0) is 16.1 Å². The molecule has 0 bridgehead atoms. The lowest BCUT2D eigenvalue weighted by Crippen LogP contribution is -2.43. The summed E-state index contributed by atoms with van der Waals surface area (Å²) in [5.74, 6) is -0.264. The third-order valence-corrected chi connectivity index (χ3v) is 5.70. The smallest absolute Gasteiger partial charge is 0.242 e. The van der Waals surface area contributed by atoms with E-state index in [1.54, 1.807) is 0 Å². The van der Waals surface area contributed by atoms with Crippen molar-refractivity contribution in [3.63, 3.8) is 0 Å². The first kappa shape index (κ1) is 16.1. The molecule has 2 aromatic rings. The highest BCUT2D eigenvalue weighted by atomic mass is 79.9. The van der Waals surface area contributed by atoms with Crippen molar-refractivity contribution in [1.29, 1.82) is 0 Å². The predicted molar refractivity (Wildman–Crippen MR) is 92.9 cm³/mol. The number of piperidine rings is 1. The molecule has 5 nitrogen and oxygen atoms in total. The summed E-state index contributed by atoms with van der Waals surface area (Å²) in [6, 6.07) is 8.05. The van der Waals surface area contributed by atoms with E-state index >= 15 is 0 Å². The molecule has 1 aliphatic rings. The van der Waals surface area contributed by atoms with Crippen LogP contribution < -0.4 is 5.73 Å². The van der Waals surface area contributed by atoms with Crippen LogP contribution >= 0.6 is 15.9 Å². The second-order valence-electron chi connectivity index (χ2n) is 6.06. The van der Waals surface area contributed by atoms with Gasteiger partial charge in [-0.15, -0.1) is 0 Å². The van der Waals surface area contributed by atoms with Crippen LogP contribution in [0, 0.1) is 12.8 Å². The van der Waals surface area contributed by atoms with Crippen LogP contribution in [0.1, 0.15) is 18.5 Å². The number of likely N-dealkylation sites (tertiary alicyclic amines) is 1. The minimum absolute atomic E-state index is 0.0873. The molecule has 23 heavy (non-hydrogen) atoms. The van der Waals surface area contributed by atoms with Gasteiger partial charge in [-0.05, 0) is 41.8 Å². The van der Waals surface area contributed by atoms with Crippen molar-refractivity contribution in [1.82, 2.24) is 9.47 Å². The number of carbonyl (C=O) groups is 2. The highest BCUT2D eigenvalue weighted by Gasteiger charge is 2.26. The van der Waals surface area contributed by atoms with Gasteiger partial charge in [0.1, 0.15) is 6.54 Å². The molecule has 0 atom stereocenters. The van der Waals surface area contributed by atoms with E-state index in [-0.39, 0.29) is 17.7 Å². The van der Waals surface area contributed by atoms with Gasteiger partial charge >= 0.3 is 0 Å². The van der Waals surface area contributed by atoms with Crippen LogP contribution in [0.2, 0.25) is 0 Å². The van der Waals surface area contributed by atoms with E-state index in [1.165, 1.54) is 0 Å². The Balaban J connectivity index is 1.77. The van der Waals surface area contributed by atoms with Gasteiger partial charge in [-0.25, -0.2) is 0 Å². The summed E-state index contributed by atoms with van der Waals surface area (Å²) in [4.78, 5) is 25.7. The number of benzene rings is 1. The number of fused-ring (bicyclic) bond motifs is 1. The van der Waals surface area contributed by atoms with Gasteiger partial charge in [0.2, 0.25) is 11.8 Å². The largest absolute Gasteiger partial charge is 0.369 e. The molecule has 6 heteroatoms. The van der Waals surface area contributed by atoms with Crippen molar-refractivity contribution < 1.29 is 9.59 Å². The van der Waals surface area contributed by atoms with Crippen LogP contribution in [0.3, 0.4) is 0 Å². The van der Waals surface area contributed by atoms with Crippen LogP contribution in [0.5, 0.6) is 0 Å². The van der Waals surface area contributed by atoms with E-state index in [2.05, 4.69) is 15.9 Å². The Morgan fingerprint density at radius 1 is 1.26 bits per heavy atom. The molecule has 0 aliphatic carbocycles. The fourth-order valence-corrected chi connectivity index (χ4v) is 3.79. The van der Waals surface area contributed by atoms with Crippen LogP contribution in [-0.4, -0.2) is 34.4 Å². The second kappa shape index (κ2) is 6.35. The number of para-hydroxylation sites is 1. The summed E-state index contributed by atoms with van der Waals surface area (Å²) in [7, 11) is 0. The van der Waals surface area contributed by atoms with Gasteiger partial charge in [-0.3, -0.25) is 9.59 Å². The van der Waals surface area contributed by atoms with Crippen LogP contribution in [0.15, 0.2) is 28.7 Å². The first-order valence-corrected chi connectivity index (χ1v) is 8.58. The van der Waals surface area contributed by atoms with Gasteiger partial charge in [-0.1, -0.05) is 18.2 Å². The number of rotatable bonds is 3. The Bertz CT molecular complexity index is 761. The van der Waals surface area contributed by atoms with E-state index in [0.29, 0.717) is 32.5 Å². The summed E-state index contributed by atoms with van der Waals surface area (Å²) >= 11 is 3.61. The van der Waals surface area contributed by atoms with Crippen molar-refractivity contribution in [3.8, 4) is 0 Å². The SMILES string of the molecule is Cc1c(Br)c2ccccc2n1CC(=O)N1CCC(C(N)=O)CC1. The monoisotopic (exact) mass is 377 g/mol. The lowest BCUT2D eigenvalue weighted by molar-refractivity contribution is -0.135. The molecule has 0 radical (unpaired) electrons. The molecule has 1 saturated heterocycles. The summed E-state index contributed by atoms with van der Waals surface area (Å²) in [5.41, 5.74) is 7.45. The molecule has 122 valence electrons. The molecular weight excluding hydrogens is 358 g/mol. The van der Waals surface area contributed by atoms with Crippen molar-refractivity contribution in [2.75, 3.05) is 13.1 Å². The summed E-state index contributed by atoms with van der Waals surface area (Å²) < 4.78 is 3.08. The lowest BCUT2D eigenvalue weighted by atomic mass is 9.96. The second-order valence-corrected chi connectivity index (χ2v) is 6.85. The predicted octanol–water partition coefficient (Wildman–Crippen LogP) is 2.44. The Kier molecular flexibility index (Phi) is 4.43. The molecule has 2 heterocycles. The number of nitrogens with zero attached hydrogens (tertiary/aromatic N) is 2. The zero-order valence-corrected chi connectivity index (χ0v) is 14.7. The molecule has 0 saturated carbocycles. The van der Waals surface area contributed by atoms with Gasteiger partial charge in [-0.2, -0.15) is 0 Å². The topological polar surface area (TPSA) is 68.3 Å². The number of amides is 2. The van der Waals surface area contributed by atoms with Gasteiger partial charge in [0.05, 0.1) is 0 Å². The van der Waals surface area contributed by atoms with Gasteiger partial charge in [0, 0.05) is 40.1 Å². The minimum atomic E-state index is -0.256. The Morgan fingerprint density at radius 3 is 2.57 bits per heavy atom. The van der Waals surface area contributed by atoms with Crippen LogP contribution in [0.4, 0.5) is 0 Å². The molecule has 0 unspecified atom stereocenters. The number of aromatic nitrogens is 1. The molecule has 1 fully saturated rings. The average molecular weight is 378 g/mol. The first-order valence-electron chi connectivity index (χ1n) is 7.79. The number of primary amides is 1. The van der Waals surface area contributed by atoms with E-state index < -0.39 is 0 Å². The van der Waals surface area contributed by atoms with Crippen molar-refractivity contribution in [3.05, 3.63) is 34.4 Å². The van der Waals surface area contributed by atoms with Crippen molar-refractivity contribution >= 4 is 38.6 Å². The van der Waals surface area contributed by atoms with E-state index in [0.717, 1.165) is 21.1 Å². The highest BCUT2D eigenvalue weighted by molar-refractivity contribution is 9.10. The van der Waals surface area contributed by atoms with Crippen molar-refractivity contribution in [2.24, 2.45) is 11.7 Å². The Hall–Kier alpha value is -1.82. The quantitative estimate of drug-likeness (QED) is 0.892. The molecule has 1 aromatic carbocycles. The first-order chi connectivity index (χ1) is 11.0. The van der Waals surface area contributed by atoms with Crippen molar-refractivity contribution in [2.45, 2.75) is 26.3 Å². The fourth-order valence-electron chi connectivity index (χ4n) is 3.24. The highest BCUT2D eigenvalue weighted by Crippen LogP contribution is 2.30. The molecule has 2 N–H and O–H groups in total. The number of carbonyl (C=O) groups excluding carboxylic acids is 2. The Morgan fingerprint density at radius 2 is 1.91 bits per heavy atom. The number of halogens is 1. The standard InChI is InChI=1S/C17H20BrN3O2/c1-11-16(18)13-4-2-3-5-14(13)21(11)10-15(22)20-8-6-12(7-9-20)17(19)23/h2-5,12H,6-10H2,1H3,(H2,19,23). The van der Waals surface area contributed by atoms with Gasteiger partial charge in [0.15, 0.2) is 0 Å². The third kappa shape index (κ3) is 3.00. The fraction of sp³-hybridized carbons (Fsp3) is 0.412. The van der Waals surface area contributed by atoms with E-state index in [9.17, 15) is 9.59 Å². The average Bonchev–Trinajstić information content (AvgIpc) is 2.80. The molecule has 0 spiro atoms. The molecule has 1 aromatic heterocycles. The normalized spacial score (nSPS) is 16.0. The van der Waals surface area contributed by atoms with Gasteiger partial charge < -0.3 is 15.2 Å². The molecule has 3 rings (SSSR count). The zero-order chi connectivity index (χ0) is 16.6. The van der Waals surface area contributed by atoms with Gasteiger partial charge in [0.25, 0.3) is 0 Å². The third-order valence-electron chi connectivity index (χ3n) is 4.70. The number of nitrogens with two attached hydrogens (primary N) is 1. The summed E-state index contributed by atoms with van der Waals surface area (Å²) in [5, 5.41) is 1.12. The summed E-state index contributed by atoms with van der Waals surface area (Å²) in [6.45, 7) is 3.54. The van der Waals surface area contributed by atoms with E-state index in [4.69, 9.17) is 5.73 Å². The number of hydrogen-bond acceptors (Lipinski definition) is 2. The summed E-state index contributed by atoms with van der Waals surface area (Å²) in [6.07, 6.45) is 1.33.